The van der Waals surface area contributed by atoms with Crippen molar-refractivity contribution >= 4 is 5.71 Å². The molecule has 0 unspecified atom stereocenters. The topological polar surface area (TPSA) is 38.4 Å². The smallest absolute Gasteiger partial charge is 0.0436 e. The molecular formula is C14H24N2. The van der Waals surface area contributed by atoms with Crippen LogP contribution in [-0.2, 0) is 0 Å². The van der Waals surface area contributed by atoms with Crippen LogP contribution >= 0.6 is 0 Å². The van der Waals surface area contributed by atoms with Crippen molar-refractivity contribution in [3.63, 3.8) is 0 Å². The van der Waals surface area contributed by atoms with E-state index in [-0.39, 0.29) is 0 Å². The number of nitrogens with two attached hydrogens (primary N) is 1. The standard InChI is InChI=1S/C14H24N2/c1-6-9-14(16-12(5)7-2)11(4)10-13(15)8-3/h7-8,10H,6,9,15H2,1-5H3/b11-10-,12-7-,13-8+,16-14-. The van der Waals surface area contributed by atoms with Gasteiger partial charge in [-0.15, -0.1) is 0 Å². The molecule has 0 spiro atoms. The number of allylic oxidation sites excluding steroid dienone is 5. The second-order valence-corrected chi connectivity index (χ2v) is 3.85. The lowest BCUT2D eigenvalue weighted by molar-refractivity contribution is 0.984. The Morgan fingerprint density at radius 3 is 2.25 bits per heavy atom. The van der Waals surface area contributed by atoms with Gasteiger partial charge in [-0.25, -0.2) is 0 Å². The van der Waals surface area contributed by atoms with E-state index in [0.29, 0.717) is 0 Å². The van der Waals surface area contributed by atoms with Gasteiger partial charge in [-0.3, -0.25) is 4.99 Å². The Hall–Kier alpha value is -1.31. The van der Waals surface area contributed by atoms with Gasteiger partial charge in [0.05, 0.1) is 0 Å². The zero-order valence-corrected chi connectivity index (χ0v) is 11.2. The van der Waals surface area contributed by atoms with Gasteiger partial charge in [0.2, 0.25) is 0 Å². The first-order valence-electron chi connectivity index (χ1n) is 5.86. The van der Waals surface area contributed by atoms with Gasteiger partial charge in [0, 0.05) is 17.1 Å². The van der Waals surface area contributed by atoms with Gasteiger partial charge in [0.15, 0.2) is 0 Å². The van der Waals surface area contributed by atoms with Crippen LogP contribution in [0.1, 0.15) is 47.5 Å². The van der Waals surface area contributed by atoms with Crippen LogP contribution in [0.2, 0.25) is 0 Å². The number of hydrogen-bond acceptors (Lipinski definition) is 2. The maximum absolute atomic E-state index is 5.79. The molecule has 0 saturated carbocycles. The van der Waals surface area contributed by atoms with Crippen molar-refractivity contribution in [1.29, 1.82) is 0 Å². The predicted octanol–water partition coefficient (Wildman–Crippen LogP) is 3.96. The van der Waals surface area contributed by atoms with Crippen LogP contribution in [0.25, 0.3) is 0 Å². The van der Waals surface area contributed by atoms with Crippen molar-refractivity contribution in [3.05, 3.63) is 35.2 Å². The van der Waals surface area contributed by atoms with E-state index in [1.165, 1.54) is 0 Å². The normalized spacial score (nSPS) is 15.6. The van der Waals surface area contributed by atoms with Gasteiger partial charge >= 0.3 is 0 Å². The predicted molar refractivity (Wildman–Crippen MR) is 73.5 cm³/mol. The Labute approximate surface area is 99.6 Å². The number of rotatable bonds is 5. The van der Waals surface area contributed by atoms with Crippen molar-refractivity contribution in [1.82, 2.24) is 0 Å². The van der Waals surface area contributed by atoms with Crippen LogP contribution in [0.4, 0.5) is 0 Å². The first-order valence-corrected chi connectivity index (χ1v) is 5.86. The maximum atomic E-state index is 5.79. The van der Waals surface area contributed by atoms with Crippen molar-refractivity contribution in [2.45, 2.75) is 47.5 Å². The van der Waals surface area contributed by atoms with Gasteiger partial charge in [-0.2, -0.15) is 0 Å². The minimum Gasteiger partial charge on any atom is -0.399 e. The van der Waals surface area contributed by atoms with E-state index in [0.717, 1.165) is 35.5 Å². The molecule has 0 aromatic carbocycles. The van der Waals surface area contributed by atoms with Gasteiger partial charge in [0.1, 0.15) is 0 Å². The monoisotopic (exact) mass is 220 g/mol. The van der Waals surface area contributed by atoms with Crippen molar-refractivity contribution in [2.24, 2.45) is 10.7 Å². The highest BCUT2D eigenvalue weighted by molar-refractivity contribution is 6.00. The first-order chi connectivity index (χ1) is 7.54. The van der Waals surface area contributed by atoms with E-state index in [2.05, 4.69) is 18.8 Å². The number of hydrogen-bond donors (Lipinski definition) is 1. The summed E-state index contributed by atoms with van der Waals surface area (Å²) in [7, 11) is 0. The molecule has 0 aliphatic carbocycles. The minimum absolute atomic E-state index is 0.791. The first kappa shape index (κ1) is 14.7. The molecule has 0 radical (unpaired) electrons. The summed E-state index contributed by atoms with van der Waals surface area (Å²) < 4.78 is 0. The van der Waals surface area contributed by atoms with E-state index in [1.807, 2.05) is 39.0 Å². The molecule has 0 aromatic rings. The summed E-state index contributed by atoms with van der Waals surface area (Å²) in [5.74, 6) is 0. The molecule has 16 heavy (non-hydrogen) atoms. The van der Waals surface area contributed by atoms with Gasteiger partial charge in [-0.05, 0) is 45.8 Å². The van der Waals surface area contributed by atoms with Crippen molar-refractivity contribution in [3.8, 4) is 0 Å². The van der Waals surface area contributed by atoms with Crippen LogP contribution in [0.15, 0.2) is 40.2 Å². The van der Waals surface area contributed by atoms with Crippen LogP contribution in [-0.4, -0.2) is 5.71 Å². The molecular weight excluding hydrogens is 196 g/mol. The zero-order chi connectivity index (χ0) is 12.6. The molecule has 0 aromatic heterocycles. The quantitative estimate of drug-likeness (QED) is 0.552. The lowest BCUT2D eigenvalue weighted by Gasteiger charge is -2.06. The van der Waals surface area contributed by atoms with Crippen LogP contribution in [0, 0.1) is 0 Å². The summed E-state index contributed by atoms with van der Waals surface area (Å²) in [4.78, 5) is 4.60. The molecule has 0 bridgehead atoms. The Bertz CT molecular complexity index is 331. The molecule has 0 heterocycles. The summed E-state index contributed by atoms with van der Waals surface area (Å²) in [6, 6.07) is 0. The van der Waals surface area contributed by atoms with E-state index < -0.39 is 0 Å². The Morgan fingerprint density at radius 1 is 1.19 bits per heavy atom. The largest absolute Gasteiger partial charge is 0.399 e. The summed E-state index contributed by atoms with van der Waals surface area (Å²) >= 11 is 0. The summed E-state index contributed by atoms with van der Waals surface area (Å²) in [6.45, 7) is 10.2. The molecule has 0 amide bonds. The Kier molecular flexibility index (Phi) is 7.27. The third-order valence-corrected chi connectivity index (χ3v) is 2.39. The Morgan fingerprint density at radius 2 is 1.81 bits per heavy atom. The maximum Gasteiger partial charge on any atom is 0.0436 e. The van der Waals surface area contributed by atoms with E-state index in [4.69, 9.17) is 5.73 Å². The fourth-order valence-corrected chi connectivity index (χ4v) is 1.27. The van der Waals surface area contributed by atoms with Crippen LogP contribution in [0.3, 0.4) is 0 Å². The van der Waals surface area contributed by atoms with Crippen molar-refractivity contribution in [2.75, 3.05) is 0 Å². The highest BCUT2D eigenvalue weighted by atomic mass is 14.7. The van der Waals surface area contributed by atoms with E-state index in [9.17, 15) is 0 Å². The second kappa shape index (κ2) is 7.91. The molecule has 90 valence electrons. The van der Waals surface area contributed by atoms with Crippen LogP contribution < -0.4 is 5.73 Å². The molecule has 2 heteroatoms. The molecule has 0 saturated heterocycles. The number of aliphatic imine (C=N–C) groups is 1. The lowest BCUT2D eigenvalue weighted by Crippen LogP contribution is -2.03. The zero-order valence-electron chi connectivity index (χ0n) is 11.2. The molecule has 0 rings (SSSR count). The van der Waals surface area contributed by atoms with Crippen LogP contribution in [0.5, 0.6) is 0 Å². The molecule has 0 aliphatic rings. The fraction of sp³-hybridized carbons (Fsp3) is 0.500. The molecule has 0 atom stereocenters. The molecule has 2 nitrogen and oxygen atoms in total. The summed E-state index contributed by atoms with van der Waals surface area (Å²) in [5.41, 5.74) is 9.91. The molecule has 0 aliphatic heterocycles. The highest BCUT2D eigenvalue weighted by Gasteiger charge is 2.01. The molecule has 2 N–H and O–H groups in total. The average Bonchev–Trinajstić information content (AvgIpc) is 2.27. The third kappa shape index (κ3) is 5.54. The van der Waals surface area contributed by atoms with E-state index >= 15 is 0 Å². The SMILES string of the molecule is C\C=C(C)/N=C(CCC)\C(C)=C/C(N)=C\C. The van der Waals surface area contributed by atoms with E-state index in [1.54, 1.807) is 0 Å². The third-order valence-electron chi connectivity index (χ3n) is 2.39. The van der Waals surface area contributed by atoms with Gasteiger partial charge < -0.3 is 5.73 Å². The van der Waals surface area contributed by atoms with Gasteiger partial charge in [-0.1, -0.05) is 25.5 Å². The highest BCUT2D eigenvalue weighted by Crippen LogP contribution is 2.09. The Balaban J connectivity index is 5.07. The lowest BCUT2D eigenvalue weighted by atomic mass is 10.1. The fourth-order valence-electron chi connectivity index (χ4n) is 1.27. The van der Waals surface area contributed by atoms with Crippen molar-refractivity contribution < 1.29 is 0 Å². The van der Waals surface area contributed by atoms with Gasteiger partial charge in [0.25, 0.3) is 0 Å². The summed E-state index contributed by atoms with van der Waals surface area (Å²) in [6.07, 6.45) is 7.98. The average molecular weight is 220 g/mol. The number of nitrogens with zero attached hydrogens (tertiary/aromatic N) is 1. The molecule has 0 fully saturated rings. The summed E-state index contributed by atoms with van der Waals surface area (Å²) in [5, 5.41) is 0. The minimum atomic E-state index is 0.791. The second-order valence-electron chi connectivity index (χ2n) is 3.85.